The molecule has 33 heavy (non-hydrogen) atoms. The minimum absolute atomic E-state index is 0.0127. The first-order valence-electron chi connectivity index (χ1n) is 10.3. The number of fused-ring (bicyclic) bond motifs is 1. The highest BCUT2D eigenvalue weighted by molar-refractivity contribution is 6.34. The summed E-state index contributed by atoms with van der Waals surface area (Å²) >= 11 is 11.7. The molecule has 0 aliphatic heterocycles. The summed E-state index contributed by atoms with van der Waals surface area (Å²) in [5.74, 6) is 0. The zero-order chi connectivity index (χ0) is 24.6. The van der Waals surface area contributed by atoms with Gasteiger partial charge in [0.1, 0.15) is 5.60 Å². The summed E-state index contributed by atoms with van der Waals surface area (Å²) in [7, 11) is 0. The van der Waals surface area contributed by atoms with Crippen molar-refractivity contribution in [2.24, 2.45) is 0 Å². The molecule has 0 fully saturated rings. The molecule has 2 atom stereocenters. The standard InChI is InChI=1S/C23H25Cl2F3N2O3/c1-21(2,3)33-20(31)30-19-7-4-13-8-17(5-6-18(13)19)29-12-22(32,23(26,27)28)14-9-15(24)11-16(25)10-14/h5-6,8-11,19,29,32H,4,7,12H2,1-3H3,(H,30,31)/t19-,22-/m1/s1. The molecule has 0 unspecified atom stereocenters. The Morgan fingerprint density at radius 3 is 2.33 bits per heavy atom. The molecule has 3 rings (SSSR count). The van der Waals surface area contributed by atoms with Crippen LogP contribution >= 0.6 is 23.2 Å². The van der Waals surface area contributed by atoms with Crippen LogP contribution in [0.3, 0.4) is 0 Å². The molecule has 1 aliphatic rings. The Morgan fingerprint density at radius 1 is 1.12 bits per heavy atom. The van der Waals surface area contributed by atoms with Crippen LogP contribution in [0.25, 0.3) is 0 Å². The van der Waals surface area contributed by atoms with Crippen molar-refractivity contribution in [1.29, 1.82) is 0 Å². The molecule has 2 aromatic carbocycles. The Kier molecular flexibility index (Phi) is 7.13. The van der Waals surface area contributed by atoms with E-state index in [0.29, 0.717) is 18.5 Å². The van der Waals surface area contributed by atoms with Crippen LogP contribution in [0.5, 0.6) is 0 Å². The topological polar surface area (TPSA) is 70.6 Å². The van der Waals surface area contributed by atoms with Crippen LogP contribution in [0.4, 0.5) is 23.7 Å². The third kappa shape index (κ3) is 6.05. The van der Waals surface area contributed by atoms with Crippen LogP contribution in [-0.2, 0) is 16.8 Å². The van der Waals surface area contributed by atoms with Crippen LogP contribution in [0.15, 0.2) is 36.4 Å². The van der Waals surface area contributed by atoms with Crippen LogP contribution in [0.2, 0.25) is 10.0 Å². The Labute approximate surface area is 200 Å². The van der Waals surface area contributed by atoms with Crippen molar-refractivity contribution in [3.05, 3.63) is 63.1 Å². The number of rotatable bonds is 5. The van der Waals surface area contributed by atoms with E-state index in [0.717, 1.165) is 23.3 Å². The van der Waals surface area contributed by atoms with E-state index in [1.807, 2.05) is 0 Å². The van der Waals surface area contributed by atoms with Gasteiger partial charge >= 0.3 is 12.3 Å². The lowest BCUT2D eigenvalue weighted by atomic mass is 9.92. The maximum absolute atomic E-state index is 13.8. The van der Waals surface area contributed by atoms with E-state index in [1.54, 1.807) is 39.0 Å². The molecule has 0 saturated heterocycles. The summed E-state index contributed by atoms with van der Waals surface area (Å²) in [4.78, 5) is 12.1. The lowest BCUT2D eigenvalue weighted by molar-refractivity contribution is -0.260. The monoisotopic (exact) mass is 504 g/mol. The van der Waals surface area contributed by atoms with E-state index in [1.165, 1.54) is 6.07 Å². The molecule has 2 aromatic rings. The predicted octanol–water partition coefficient (Wildman–Crippen LogP) is 6.37. The molecule has 0 spiro atoms. The molecule has 0 aromatic heterocycles. The molecule has 5 nitrogen and oxygen atoms in total. The van der Waals surface area contributed by atoms with Crippen LogP contribution < -0.4 is 10.6 Å². The van der Waals surface area contributed by atoms with Gasteiger partial charge in [0.2, 0.25) is 5.60 Å². The highest BCUT2D eigenvalue weighted by atomic mass is 35.5. The Morgan fingerprint density at radius 2 is 1.76 bits per heavy atom. The number of hydrogen-bond donors (Lipinski definition) is 3. The normalized spacial score (nSPS) is 17.8. The molecule has 180 valence electrons. The molecule has 0 saturated carbocycles. The fourth-order valence-corrected chi connectivity index (χ4v) is 4.24. The number of carbonyl (C=O) groups is 1. The van der Waals surface area contributed by atoms with Crippen LogP contribution in [-0.4, -0.2) is 29.5 Å². The first kappa shape index (κ1) is 25.5. The SMILES string of the molecule is CC(C)(C)OC(=O)N[C@@H]1CCc2cc(NC[C@@](O)(c3cc(Cl)cc(Cl)c3)C(F)(F)F)ccc21. The maximum atomic E-state index is 13.8. The average Bonchev–Trinajstić information content (AvgIpc) is 3.04. The fourth-order valence-electron chi connectivity index (χ4n) is 3.72. The number of nitrogens with one attached hydrogen (secondary N) is 2. The quantitative estimate of drug-likeness (QED) is 0.442. The van der Waals surface area contributed by atoms with Gasteiger partial charge in [-0.3, -0.25) is 0 Å². The number of ether oxygens (including phenoxy) is 1. The van der Waals surface area contributed by atoms with Gasteiger partial charge in [0, 0.05) is 15.7 Å². The molecule has 0 bridgehead atoms. The first-order valence-corrected chi connectivity index (χ1v) is 11.1. The summed E-state index contributed by atoms with van der Waals surface area (Å²) in [6.07, 6.45) is -4.23. The smallest absolute Gasteiger partial charge is 0.423 e. The third-order valence-electron chi connectivity index (χ3n) is 5.27. The number of carbonyl (C=O) groups excluding carboxylic acids is 1. The van der Waals surface area contributed by atoms with Crippen molar-refractivity contribution >= 4 is 35.0 Å². The highest BCUT2D eigenvalue weighted by Crippen LogP contribution is 2.41. The van der Waals surface area contributed by atoms with Gasteiger partial charge in [0.05, 0.1) is 12.6 Å². The van der Waals surface area contributed by atoms with Crippen molar-refractivity contribution in [3.8, 4) is 0 Å². The number of alkyl carbamates (subject to hydrolysis) is 1. The second-order valence-electron chi connectivity index (χ2n) is 9.02. The van der Waals surface area contributed by atoms with Crippen molar-refractivity contribution < 1.29 is 27.8 Å². The highest BCUT2D eigenvalue weighted by Gasteiger charge is 2.55. The first-order chi connectivity index (χ1) is 15.2. The minimum atomic E-state index is -4.98. The fraction of sp³-hybridized carbons (Fsp3) is 0.435. The van der Waals surface area contributed by atoms with Gasteiger partial charge in [-0.1, -0.05) is 29.3 Å². The molecule has 3 N–H and O–H groups in total. The van der Waals surface area contributed by atoms with Gasteiger partial charge in [0.15, 0.2) is 0 Å². The number of aliphatic hydroxyl groups is 1. The summed E-state index contributed by atoms with van der Waals surface area (Å²) in [5.41, 5.74) is -2.12. The summed E-state index contributed by atoms with van der Waals surface area (Å²) in [6, 6.07) is 8.19. The second kappa shape index (κ2) is 9.24. The van der Waals surface area contributed by atoms with E-state index in [2.05, 4.69) is 10.6 Å². The maximum Gasteiger partial charge on any atom is 0.423 e. The Hall–Kier alpha value is -2.16. The Bertz CT molecular complexity index is 1020. The van der Waals surface area contributed by atoms with Crippen molar-refractivity contribution in [2.45, 2.75) is 57.0 Å². The number of amides is 1. The number of alkyl halides is 3. The summed E-state index contributed by atoms with van der Waals surface area (Å²) in [5, 5.41) is 16.1. The number of benzene rings is 2. The van der Waals surface area contributed by atoms with E-state index in [-0.39, 0.29) is 16.1 Å². The van der Waals surface area contributed by atoms with Crippen molar-refractivity contribution in [1.82, 2.24) is 5.32 Å². The number of hydrogen-bond acceptors (Lipinski definition) is 4. The third-order valence-corrected chi connectivity index (χ3v) is 5.71. The Balaban J connectivity index is 1.76. The largest absolute Gasteiger partial charge is 0.444 e. The lowest BCUT2D eigenvalue weighted by Gasteiger charge is -2.32. The van der Waals surface area contributed by atoms with Crippen LogP contribution in [0.1, 0.15) is 49.9 Å². The molecule has 1 aliphatic carbocycles. The van der Waals surface area contributed by atoms with Gasteiger partial charge in [0.25, 0.3) is 0 Å². The van der Waals surface area contributed by atoms with Crippen molar-refractivity contribution in [3.63, 3.8) is 0 Å². The lowest BCUT2D eigenvalue weighted by Crippen LogP contribution is -2.47. The molecular formula is C23H25Cl2F3N2O3. The van der Waals surface area contributed by atoms with Gasteiger partial charge in [-0.25, -0.2) is 4.79 Å². The van der Waals surface area contributed by atoms with Crippen LogP contribution in [0, 0.1) is 0 Å². The average molecular weight is 505 g/mol. The zero-order valence-electron chi connectivity index (χ0n) is 18.3. The number of anilines is 1. The molecule has 10 heteroatoms. The number of halogens is 5. The predicted molar refractivity (Wildman–Crippen MR) is 122 cm³/mol. The summed E-state index contributed by atoms with van der Waals surface area (Å²) in [6.45, 7) is 4.47. The van der Waals surface area contributed by atoms with E-state index < -0.39 is 35.6 Å². The molecule has 1 amide bonds. The van der Waals surface area contributed by atoms with E-state index in [4.69, 9.17) is 27.9 Å². The van der Waals surface area contributed by atoms with E-state index >= 15 is 0 Å². The molecule has 0 radical (unpaired) electrons. The molecular weight excluding hydrogens is 480 g/mol. The van der Waals surface area contributed by atoms with E-state index in [9.17, 15) is 23.1 Å². The summed E-state index contributed by atoms with van der Waals surface area (Å²) < 4.78 is 46.8. The number of aryl methyl sites for hydroxylation is 1. The van der Waals surface area contributed by atoms with Gasteiger partial charge in [-0.05, 0) is 80.6 Å². The molecule has 0 heterocycles. The van der Waals surface area contributed by atoms with Gasteiger partial charge in [-0.15, -0.1) is 0 Å². The van der Waals surface area contributed by atoms with Gasteiger partial charge in [-0.2, -0.15) is 13.2 Å². The zero-order valence-corrected chi connectivity index (χ0v) is 19.8. The minimum Gasteiger partial charge on any atom is -0.444 e. The second-order valence-corrected chi connectivity index (χ2v) is 9.89. The van der Waals surface area contributed by atoms with Crippen molar-refractivity contribution in [2.75, 3.05) is 11.9 Å². The van der Waals surface area contributed by atoms with Gasteiger partial charge < -0.3 is 20.5 Å².